The Morgan fingerprint density at radius 1 is 1.08 bits per heavy atom. The number of rotatable bonds is 6. The number of halogens is 2. The lowest BCUT2D eigenvalue weighted by Gasteiger charge is -2.28. The van der Waals surface area contributed by atoms with Crippen molar-refractivity contribution in [2.45, 2.75) is 19.9 Å². The highest BCUT2D eigenvalue weighted by molar-refractivity contribution is 5.94. The normalized spacial score (nSPS) is 12.2. The van der Waals surface area contributed by atoms with Gasteiger partial charge >= 0.3 is 0 Å². The molecule has 3 nitrogen and oxygen atoms in total. The van der Waals surface area contributed by atoms with Gasteiger partial charge in [-0.15, -0.1) is 0 Å². The first-order valence-electron chi connectivity index (χ1n) is 7.94. The molecule has 0 saturated carbocycles. The summed E-state index contributed by atoms with van der Waals surface area (Å²) < 4.78 is 26.5. The second kappa shape index (κ2) is 8.02. The quantitative estimate of drug-likeness (QED) is 0.798. The minimum atomic E-state index is -0.876. The van der Waals surface area contributed by atoms with Gasteiger partial charge in [-0.3, -0.25) is 9.69 Å². The molecule has 2 aromatic carbocycles. The van der Waals surface area contributed by atoms with Crippen molar-refractivity contribution in [1.29, 1.82) is 0 Å². The Hall–Kier alpha value is -2.27. The number of carbonyl (C=O) groups is 1. The summed E-state index contributed by atoms with van der Waals surface area (Å²) in [7, 11) is 1.79. The van der Waals surface area contributed by atoms with Crippen molar-refractivity contribution in [2.24, 2.45) is 0 Å². The second-order valence-electron chi connectivity index (χ2n) is 5.74. The molecular weight excluding hydrogens is 310 g/mol. The van der Waals surface area contributed by atoms with Crippen molar-refractivity contribution in [1.82, 2.24) is 4.90 Å². The summed E-state index contributed by atoms with van der Waals surface area (Å²) in [6, 6.07) is 13.1. The molecule has 0 aromatic heterocycles. The van der Waals surface area contributed by atoms with Crippen LogP contribution in [0.2, 0.25) is 0 Å². The number of benzene rings is 2. The molecule has 0 aliphatic rings. The van der Waals surface area contributed by atoms with Crippen molar-refractivity contribution in [2.75, 3.05) is 25.0 Å². The topological polar surface area (TPSA) is 23.6 Å². The molecule has 5 heteroatoms. The third-order valence-electron chi connectivity index (χ3n) is 4.16. The van der Waals surface area contributed by atoms with Gasteiger partial charge in [-0.2, -0.15) is 0 Å². The van der Waals surface area contributed by atoms with Gasteiger partial charge in [0.2, 0.25) is 5.91 Å². The smallest absolute Gasteiger partial charge is 0.241 e. The second-order valence-corrected chi connectivity index (χ2v) is 5.74. The summed E-state index contributed by atoms with van der Waals surface area (Å²) in [5.74, 6) is -1.79. The average Bonchev–Trinajstić information content (AvgIpc) is 2.58. The van der Waals surface area contributed by atoms with Gasteiger partial charge in [-0.1, -0.05) is 24.3 Å². The Morgan fingerprint density at radius 2 is 1.75 bits per heavy atom. The van der Waals surface area contributed by atoms with E-state index < -0.39 is 11.6 Å². The summed E-state index contributed by atoms with van der Waals surface area (Å²) in [6.45, 7) is 4.53. The van der Waals surface area contributed by atoms with Crippen molar-refractivity contribution in [3.8, 4) is 0 Å². The van der Waals surface area contributed by atoms with Crippen molar-refractivity contribution >= 4 is 11.6 Å². The van der Waals surface area contributed by atoms with E-state index in [-0.39, 0.29) is 18.5 Å². The van der Waals surface area contributed by atoms with Gasteiger partial charge in [0.05, 0.1) is 6.54 Å². The Kier molecular flexibility index (Phi) is 6.04. The van der Waals surface area contributed by atoms with E-state index in [0.29, 0.717) is 12.1 Å². The van der Waals surface area contributed by atoms with E-state index in [0.717, 1.165) is 11.8 Å². The number of nitrogens with zero attached hydrogens (tertiary/aromatic N) is 2. The first-order chi connectivity index (χ1) is 11.4. The number of hydrogen-bond acceptors (Lipinski definition) is 2. The number of hydrogen-bond donors (Lipinski definition) is 0. The Labute approximate surface area is 141 Å². The van der Waals surface area contributed by atoms with Gasteiger partial charge < -0.3 is 4.90 Å². The van der Waals surface area contributed by atoms with Gasteiger partial charge in [0.1, 0.15) is 0 Å². The maximum atomic E-state index is 13.4. The first kappa shape index (κ1) is 18.1. The van der Waals surface area contributed by atoms with Crippen LogP contribution in [0, 0.1) is 11.6 Å². The SMILES string of the molecule is CCN(C(=O)CN(C)C(C)c1ccc(F)c(F)c1)c1ccccc1. The van der Waals surface area contributed by atoms with E-state index in [1.54, 1.807) is 18.0 Å². The number of carbonyl (C=O) groups excluding carboxylic acids is 1. The maximum Gasteiger partial charge on any atom is 0.241 e. The summed E-state index contributed by atoms with van der Waals surface area (Å²) in [5.41, 5.74) is 1.48. The van der Waals surface area contributed by atoms with Gasteiger partial charge in [0.25, 0.3) is 0 Å². The standard InChI is InChI=1S/C19H22F2N2O/c1-4-23(16-8-6-5-7-9-16)19(24)13-22(3)14(2)15-10-11-17(20)18(21)12-15/h5-12,14H,4,13H2,1-3H3. The van der Waals surface area contributed by atoms with Gasteiger partial charge in [0.15, 0.2) is 11.6 Å². The number of anilines is 1. The lowest BCUT2D eigenvalue weighted by molar-refractivity contribution is -0.119. The minimum absolute atomic E-state index is 0.0411. The van der Waals surface area contributed by atoms with E-state index >= 15 is 0 Å². The summed E-state index contributed by atoms with van der Waals surface area (Å²) in [6.07, 6.45) is 0. The number of para-hydroxylation sites is 1. The molecule has 2 aromatic rings. The predicted octanol–water partition coefficient (Wildman–Crippen LogP) is 4.01. The zero-order valence-corrected chi connectivity index (χ0v) is 14.2. The molecule has 0 fully saturated rings. The van der Waals surface area contributed by atoms with Crippen LogP contribution in [0.4, 0.5) is 14.5 Å². The van der Waals surface area contributed by atoms with E-state index in [2.05, 4.69) is 0 Å². The van der Waals surface area contributed by atoms with Crippen LogP contribution >= 0.6 is 0 Å². The first-order valence-corrected chi connectivity index (χ1v) is 7.94. The molecule has 0 spiro atoms. The lowest BCUT2D eigenvalue weighted by atomic mass is 10.1. The number of amides is 1. The predicted molar refractivity (Wildman–Crippen MR) is 91.9 cm³/mol. The average molecular weight is 332 g/mol. The Morgan fingerprint density at radius 3 is 2.33 bits per heavy atom. The fraction of sp³-hybridized carbons (Fsp3) is 0.316. The molecule has 1 unspecified atom stereocenters. The van der Waals surface area contributed by atoms with Crippen molar-refractivity contribution in [3.05, 3.63) is 65.7 Å². The molecule has 128 valence electrons. The zero-order valence-electron chi connectivity index (χ0n) is 14.2. The molecular formula is C19H22F2N2O. The molecule has 0 N–H and O–H groups in total. The highest BCUT2D eigenvalue weighted by Gasteiger charge is 2.20. The monoisotopic (exact) mass is 332 g/mol. The van der Waals surface area contributed by atoms with E-state index in [9.17, 15) is 13.6 Å². The van der Waals surface area contributed by atoms with Crippen LogP contribution in [0.15, 0.2) is 48.5 Å². The third-order valence-corrected chi connectivity index (χ3v) is 4.16. The summed E-state index contributed by atoms with van der Waals surface area (Å²) in [5, 5.41) is 0. The van der Waals surface area contributed by atoms with Crippen LogP contribution in [-0.4, -0.2) is 30.9 Å². The molecule has 0 heterocycles. The molecule has 0 bridgehead atoms. The van der Waals surface area contributed by atoms with Crippen molar-refractivity contribution < 1.29 is 13.6 Å². The van der Waals surface area contributed by atoms with Gasteiger partial charge in [-0.05, 0) is 50.7 Å². The fourth-order valence-corrected chi connectivity index (χ4v) is 2.57. The molecule has 0 saturated heterocycles. The van der Waals surface area contributed by atoms with Crippen LogP contribution < -0.4 is 4.90 Å². The van der Waals surface area contributed by atoms with Crippen LogP contribution in [0.3, 0.4) is 0 Å². The van der Waals surface area contributed by atoms with E-state index in [4.69, 9.17) is 0 Å². The van der Waals surface area contributed by atoms with Crippen LogP contribution in [0.1, 0.15) is 25.5 Å². The van der Waals surface area contributed by atoms with E-state index in [1.165, 1.54) is 6.07 Å². The molecule has 1 atom stereocenters. The molecule has 0 radical (unpaired) electrons. The van der Waals surface area contributed by atoms with Crippen LogP contribution in [0.5, 0.6) is 0 Å². The maximum absolute atomic E-state index is 13.4. The van der Waals surface area contributed by atoms with Crippen LogP contribution in [0.25, 0.3) is 0 Å². The largest absolute Gasteiger partial charge is 0.312 e. The third kappa shape index (κ3) is 4.17. The molecule has 1 amide bonds. The molecule has 2 rings (SSSR count). The summed E-state index contributed by atoms with van der Waals surface area (Å²) in [4.78, 5) is 16.1. The fourth-order valence-electron chi connectivity index (χ4n) is 2.57. The summed E-state index contributed by atoms with van der Waals surface area (Å²) >= 11 is 0. The van der Waals surface area contributed by atoms with Gasteiger partial charge in [0, 0.05) is 18.3 Å². The molecule has 0 aliphatic carbocycles. The van der Waals surface area contributed by atoms with Crippen molar-refractivity contribution in [3.63, 3.8) is 0 Å². The highest BCUT2D eigenvalue weighted by Crippen LogP contribution is 2.21. The van der Waals surface area contributed by atoms with Crippen LogP contribution in [-0.2, 0) is 4.79 Å². The Bertz CT molecular complexity index is 691. The number of likely N-dealkylation sites (N-methyl/N-ethyl adjacent to an activating group) is 2. The highest BCUT2D eigenvalue weighted by atomic mass is 19.2. The molecule has 24 heavy (non-hydrogen) atoms. The van der Waals surface area contributed by atoms with E-state index in [1.807, 2.05) is 49.1 Å². The zero-order chi connectivity index (χ0) is 17.7. The lowest BCUT2D eigenvalue weighted by Crippen LogP contribution is -2.39. The molecule has 0 aliphatic heterocycles. The Balaban J connectivity index is 2.08. The van der Waals surface area contributed by atoms with Gasteiger partial charge in [-0.25, -0.2) is 8.78 Å². The minimum Gasteiger partial charge on any atom is -0.312 e.